The van der Waals surface area contributed by atoms with E-state index in [4.69, 9.17) is 10.8 Å². The van der Waals surface area contributed by atoms with Gasteiger partial charge in [-0.15, -0.1) is 0 Å². The third kappa shape index (κ3) is 4.94. The van der Waals surface area contributed by atoms with Gasteiger partial charge in [-0.25, -0.2) is 4.39 Å². The monoisotopic (exact) mass is 338 g/mol. The Morgan fingerprint density at radius 3 is 2.36 bits per heavy atom. The Morgan fingerprint density at radius 1 is 1.00 bits per heavy atom. The van der Waals surface area contributed by atoms with Gasteiger partial charge in [0.05, 0.1) is 17.9 Å². The minimum absolute atomic E-state index is 0.218. The van der Waals surface area contributed by atoms with Gasteiger partial charge in [-0.1, -0.05) is 18.2 Å². The Labute approximate surface area is 145 Å². The molecule has 0 aliphatic carbocycles. The predicted molar refractivity (Wildman–Crippen MR) is 96.5 cm³/mol. The lowest BCUT2D eigenvalue weighted by Crippen LogP contribution is -1.96. The molecule has 6 nitrogen and oxygen atoms in total. The largest absolute Gasteiger partial charge is 0.311 e. The maximum atomic E-state index is 13.3. The van der Waals surface area contributed by atoms with Crippen LogP contribution in [0.15, 0.2) is 56.9 Å². The molecule has 128 valence electrons. The van der Waals surface area contributed by atoms with Crippen LogP contribution in [0.25, 0.3) is 0 Å². The summed E-state index contributed by atoms with van der Waals surface area (Å²) in [6.45, 7) is 3.94. The smallest absolute Gasteiger partial charge is 0.131 e. The summed E-state index contributed by atoms with van der Waals surface area (Å²) in [7, 11) is 0. The Bertz CT molecular complexity index is 828. The molecule has 0 saturated heterocycles. The van der Waals surface area contributed by atoms with Crippen molar-refractivity contribution in [3.05, 3.63) is 58.9 Å². The molecule has 25 heavy (non-hydrogen) atoms. The van der Waals surface area contributed by atoms with E-state index in [2.05, 4.69) is 20.5 Å². The molecule has 0 amide bonds. The average molecular weight is 338 g/mol. The van der Waals surface area contributed by atoms with Crippen molar-refractivity contribution in [3.8, 4) is 0 Å². The van der Waals surface area contributed by atoms with Crippen molar-refractivity contribution in [2.45, 2.75) is 19.9 Å². The Hall–Kier alpha value is -3.09. The molecule has 1 unspecified atom stereocenters. The zero-order valence-corrected chi connectivity index (χ0v) is 14.1. The maximum absolute atomic E-state index is 13.3. The summed E-state index contributed by atoms with van der Waals surface area (Å²) >= 11 is 0. The Morgan fingerprint density at radius 2 is 1.68 bits per heavy atom. The van der Waals surface area contributed by atoms with Crippen LogP contribution >= 0.6 is 0 Å². The number of nitrogens with one attached hydrogen (secondary N) is 2. The normalized spacial score (nSPS) is 12.6. The number of hydrogen-bond acceptors (Lipinski definition) is 6. The topological polar surface area (TPSA) is 97.1 Å². The quantitative estimate of drug-likeness (QED) is 0.482. The molecule has 1 atom stereocenters. The van der Waals surface area contributed by atoms with Crippen molar-refractivity contribution in [3.63, 3.8) is 0 Å². The van der Waals surface area contributed by atoms with E-state index in [1.54, 1.807) is 12.1 Å². The predicted octanol–water partition coefficient (Wildman–Crippen LogP) is 5.65. The van der Waals surface area contributed by atoms with Gasteiger partial charge in [-0.3, -0.25) is 0 Å². The van der Waals surface area contributed by atoms with Gasteiger partial charge in [0.1, 0.15) is 11.9 Å². The average Bonchev–Trinajstić information content (AvgIpc) is 2.60. The minimum atomic E-state index is -0.597. The molecule has 0 aliphatic rings. The second kappa shape index (κ2) is 8.68. The number of aryl methyl sites for hydroxylation is 2. The van der Waals surface area contributed by atoms with Gasteiger partial charge in [0, 0.05) is 18.5 Å². The van der Waals surface area contributed by atoms with Gasteiger partial charge in [-0.05, 0) is 42.7 Å². The number of benzene rings is 2. The van der Waals surface area contributed by atoms with Gasteiger partial charge in [0.25, 0.3) is 0 Å². The van der Waals surface area contributed by atoms with E-state index in [1.807, 2.05) is 26.0 Å². The van der Waals surface area contributed by atoms with Crippen molar-refractivity contribution in [2.75, 3.05) is 6.54 Å². The van der Waals surface area contributed by atoms with Gasteiger partial charge in [-0.2, -0.15) is 20.5 Å². The summed E-state index contributed by atoms with van der Waals surface area (Å²) in [5, 5.41) is 30.8. The summed E-state index contributed by atoms with van der Waals surface area (Å²) < 4.78 is 13.3. The molecule has 0 aromatic heterocycles. The molecule has 0 fully saturated rings. The molecule has 7 heteroatoms. The third-order valence-corrected chi connectivity index (χ3v) is 3.55. The van der Waals surface area contributed by atoms with Crippen molar-refractivity contribution < 1.29 is 4.39 Å². The van der Waals surface area contributed by atoms with Crippen LogP contribution < -0.4 is 0 Å². The van der Waals surface area contributed by atoms with Gasteiger partial charge in [0.2, 0.25) is 0 Å². The lowest BCUT2D eigenvalue weighted by molar-refractivity contribution is 0.627. The molecule has 2 rings (SSSR count). The lowest BCUT2D eigenvalue weighted by atomic mass is 10.1. The van der Waals surface area contributed by atoms with Crippen LogP contribution in [0.1, 0.15) is 22.7 Å². The van der Waals surface area contributed by atoms with Crippen LogP contribution in [0.4, 0.5) is 15.8 Å². The lowest BCUT2D eigenvalue weighted by Gasteiger charge is -2.08. The first-order chi connectivity index (χ1) is 12.0. The molecular formula is C18H19FN6. The highest BCUT2D eigenvalue weighted by Gasteiger charge is 2.10. The Kier molecular flexibility index (Phi) is 6.33. The zero-order chi connectivity index (χ0) is 18.2. The number of rotatable bonds is 7. The van der Waals surface area contributed by atoms with E-state index in [0.29, 0.717) is 11.4 Å². The van der Waals surface area contributed by atoms with E-state index in [-0.39, 0.29) is 12.4 Å². The summed E-state index contributed by atoms with van der Waals surface area (Å²) in [5.41, 5.74) is 3.56. The van der Waals surface area contributed by atoms with Crippen LogP contribution in [0, 0.1) is 30.5 Å². The van der Waals surface area contributed by atoms with Gasteiger partial charge >= 0.3 is 0 Å². The van der Waals surface area contributed by atoms with E-state index >= 15 is 0 Å². The second-order valence-corrected chi connectivity index (χ2v) is 5.43. The number of nitrogens with zero attached hydrogens (tertiary/aromatic N) is 4. The van der Waals surface area contributed by atoms with Crippen molar-refractivity contribution >= 4 is 23.8 Å². The fraction of sp³-hybridized carbons (Fsp3) is 0.222. The summed E-state index contributed by atoms with van der Waals surface area (Å²) in [6, 6.07) is 9.22. The highest BCUT2D eigenvalue weighted by Crippen LogP contribution is 2.27. The minimum Gasteiger partial charge on any atom is -0.311 e. The van der Waals surface area contributed by atoms with E-state index in [9.17, 15) is 4.39 Å². The van der Waals surface area contributed by atoms with Crippen molar-refractivity contribution in [1.29, 1.82) is 10.8 Å². The van der Waals surface area contributed by atoms with Crippen molar-refractivity contribution in [2.24, 2.45) is 20.5 Å². The van der Waals surface area contributed by atoms with Crippen molar-refractivity contribution in [1.82, 2.24) is 0 Å². The van der Waals surface area contributed by atoms with E-state index in [1.165, 1.54) is 24.6 Å². The van der Waals surface area contributed by atoms with Gasteiger partial charge < -0.3 is 10.8 Å². The SMILES string of the molecule is Cc1ccc(C(C=N)N=Nc2cc(F)ccc2C)cc1N=NCC=N. The first-order valence-electron chi connectivity index (χ1n) is 7.69. The maximum Gasteiger partial charge on any atom is 0.131 e. The number of hydrogen-bond donors (Lipinski definition) is 2. The fourth-order valence-corrected chi connectivity index (χ4v) is 2.09. The summed E-state index contributed by atoms with van der Waals surface area (Å²) in [6.07, 6.45) is 2.33. The molecule has 0 saturated carbocycles. The molecule has 2 N–H and O–H groups in total. The fourth-order valence-electron chi connectivity index (χ4n) is 2.09. The van der Waals surface area contributed by atoms with Crippen LogP contribution in [0.3, 0.4) is 0 Å². The molecular weight excluding hydrogens is 319 g/mol. The zero-order valence-electron chi connectivity index (χ0n) is 14.1. The van der Waals surface area contributed by atoms with Crippen LogP contribution in [0.5, 0.6) is 0 Å². The summed E-state index contributed by atoms with van der Waals surface area (Å²) in [4.78, 5) is 0. The first-order valence-corrected chi connectivity index (χ1v) is 7.69. The molecule has 2 aromatic rings. The second-order valence-electron chi connectivity index (χ2n) is 5.43. The number of azo groups is 2. The molecule has 0 radical (unpaired) electrons. The van der Waals surface area contributed by atoms with Crippen LogP contribution in [0.2, 0.25) is 0 Å². The standard InChI is InChI=1S/C18H19FN6/c1-12-3-5-14(9-16(12)23-22-8-7-20)18(11-21)25-24-17-10-15(19)6-4-13(17)2/h3-7,9-11,18,20-21H,8H2,1-2H3. The molecule has 0 spiro atoms. The van der Waals surface area contributed by atoms with E-state index in [0.717, 1.165) is 16.7 Å². The highest BCUT2D eigenvalue weighted by molar-refractivity contribution is 5.66. The molecule has 0 heterocycles. The van der Waals surface area contributed by atoms with Crippen LogP contribution in [-0.4, -0.2) is 19.0 Å². The van der Waals surface area contributed by atoms with E-state index < -0.39 is 6.04 Å². The molecule has 0 aliphatic heterocycles. The van der Waals surface area contributed by atoms with Crippen LogP contribution in [-0.2, 0) is 0 Å². The summed E-state index contributed by atoms with van der Waals surface area (Å²) in [5.74, 6) is -0.379. The van der Waals surface area contributed by atoms with Gasteiger partial charge in [0.15, 0.2) is 0 Å². The Balaban J connectivity index is 2.29. The molecule has 2 aromatic carbocycles. The highest BCUT2D eigenvalue weighted by atomic mass is 19.1. The first kappa shape index (κ1) is 18.3. The molecule has 0 bridgehead atoms. The third-order valence-electron chi connectivity index (χ3n) is 3.55. The number of halogens is 1.